The van der Waals surface area contributed by atoms with Crippen LogP contribution in [0.5, 0.6) is 0 Å². The lowest BCUT2D eigenvalue weighted by molar-refractivity contribution is 0.0916. The molecule has 154 valence electrons. The molecule has 0 spiro atoms. The summed E-state index contributed by atoms with van der Waals surface area (Å²) >= 11 is 0. The number of fused-ring (bicyclic) bond motifs is 3. The molecule has 3 aromatic rings. The molecule has 3 aliphatic rings. The predicted molar refractivity (Wildman–Crippen MR) is 114 cm³/mol. The maximum atomic E-state index is 12.8. The highest BCUT2D eigenvalue weighted by atomic mass is 16.1. The molecule has 1 amide bonds. The SMILES string of the molecule is Cc1cccc(C(=O)NC2CC3CC4CC(c5nc6ncccc6[nH]5)(C3)CC4C2)n1. The first-order valence-electron chi connectivity index (χ1n) is 11.1. The second kappa shape index (κ2) is 6.62. The van der Waals surface area contributed by atoms with Crippen LogP contribution in [0.15, 0.2) is 36.5 Å². The van der Waals surface area contributed by atoms with Gasteiger partial charge >= 0.3 is 0 Å². The van der Waals surface area contributed by atoms with E-state index in [4.69, 9.17) is 4.98 Å². The Balaban J connectivity index is 1.23. The third-order valence-electron chi connectivity index (χ3n) is 7.71. The summed E-state index contributed by atoms with van der Waals surface area (Å²) in [5.41, 5.74) is 3.43. The number of amides is 1. The predicted octanol–water partition coefficient (Wildman–Crippen LogP) is 3.93. The Labute approximate surface area is 175 Å². The Morgan fingerprint density at radius 2 is 1.93 bits per heavy atom. The van der Waals surface area contributed by atoms with E-state index in [2.05, 4.69) is 26.3 Å². The van der Waals surface area contributed by atoms with Crippen LogP contribution >= 0.6 is 0 Å². The summed E-state index contributed by atoms with van der Waals surface area (Å²) in [6, 6.07) is 9.91. The zero-order chi connectivity index (χ0) is 20.3. The number of nitrogens with zero attached hydrogens (tertiary/aromatic N) is 3. The van der Waals surface area contributed by atoms with E-state index in [1.54, 1.807) is 6.07 Å². The van der Waals surface area contributed by atoms with E-state index in [1.165, 1.54) is 19.3 Å². The molecule has 6 heteroatoms. The van der Waals surface area contributed by atoms with E-state index in [0.717, 1.165) is 47.9 Å². The van der Waals surface area contributed by atoms with Crippen molar-refractivity contribution in [3.63, 3.8) is 0 Å². The van der Waals surface area contributed by atoms with Gasteiger partial charge in [-0.1, -0.05) is 6.07 Å². The van der Waals surface area contributed by atoms with Crippen molar-refractivity contribution in [2.45, 2.75) is 56.9 Å². The molecule has 0 radical (unpaired) electrons. The molecule has 30 heavy (non-hydrogen) atoms. The highest BCUT2D eigenvalue weighted by Crippen LogP contribution is 2.60. The van der Waals surface area contributed by atoms with Gasteiger partial charge in [-0.15, -0.1) is 0 Å². The largest absolute Gasteiger partial charge is 0.348 e. The van der Waals surface area contributed by atoms with Crippen molar-refractivity contribution in [3.8, 4) is 0 Å². The molecule has 5 atom stereocenters. The third-order valence-corrected chi connectivity index (χ3v) is 7.71. The van der Waals surface area contributed by atoms with Crippen LogP contribution in [0.4, 0.5) is 0 Å². The number of carbonyl (C=O) groups excluding carboxylic acids is 1. The van der Waals surface area contributed by atoms with E-state index in [-0.39, 0.29) is 17.4 Å². The number of pyridine rings is 2. The van der Waals surface area contributed by atoms with Gasteiger partial charge in [0.2, 0.25) is 0 Å². The third kappa shape index (κ3) is 2.92. The van der Waals surface area contributed by atoms with Gasteiger partial charge in [0.25, 0.3) is 5.91 Å². The molecule has 5 unspecified atom stereocenters. The minimum Gasteiger partial charge on any atom is -0.348 e. The van der Waals surface area contributed by atoms with Crippen molar-refractivity contribution in [3.05, 3.63) is 53.7 Å². The van der Waals surface area contributed by atoms with Crippen LogP contribution in [0.3, 0.4) is 0 Å². The molecule has 3 bridgehead atoms. The van der Waals surface area contributed by atoms with Crippen molar-refractivity contribution in [2.24, 2.45) is 17.8 Å². The Morgan fingerprint density at radius 1 is 1.07 bits per heavy atom. The molecule has 2 N–H and O–H groups in total. The molecule has 3 aromatic heterocycles. The molecule has 3 aliphatic carbocycles. The topological polar surface area (TPSA) is 83.6 Å². The summed E-state index contributed by atoms with van der Waals surface area (Å²) in [5.74, 6) is 3.13. The van der Waals surface area contributed by atoms with Gasteiger partial charge in [0.1, 0.15) is 11.5 Å². The number of hydrogen-bond acceptors (Lipinski definition) is 4. The number of imidazole rings is 1. The number of H-pyrrole nitrogens is 1. The maximum absolute atomic E-state index is 12.8. The van der Waals surface area contributed by atoms with E-state index < -0.39 is 0 Å². The smallest absolute Gasteiger partial charge is 0.270 e. The second-order valence-corrected chi connectivity index (χ2v) is 9.78. The quantitative estimate of drug-likeness (QED) is 0.697. The molecule has 6 nitrogen and oxygen atoms in total. The Bertz CT molecular complexity index is 1090. The average Bonchev–Trinajstić information content (AvgIpc) is 3.24. The fourth-order valence-electron chi connectivity index (χ4n) is 6.68. The van der Waals surface area contributed by atoms with Gasteiger partial charge in [-0.05, 0) is 87.5 Å². The Morgan fingerprint density at radius 3 is 2.77 bits per heavy atom. The van der Waals surface area contributed by atoms with Crippen LogP contribution in [0, 0.1) is 24.7 Å². The number of hydrogen-bond donors (Lipinski definition) is 2. The summed E-state index contributed by atoms with van der Waals surface area (Å²) in [5, 5.41) is 3.31. The molecule has 0 aromatic carbocycles. The molecular formula is C24H27N5O. The fourth-order valence-corrected chi connectivity index (χ4v) is 6.68. The first kappa shape index (κ1) is 18.0. The van der Waals surface area contributed by atoms with Gasteiger partial charge < -0.3 is 10.3 Å². The van der Waals surface area contributed by atoms with Crippen molar-refractivity contribution < 1.29 is 4.79 Å². The van der Waals surface area contributed by atoms with Crippen molar-refractivity contribution in [2.75, 3.05) is 0 Å². The van der Waals surface area contributed by atoms with Gasteiger partial charge in [-0.25, -0.2) is 15.0 Å². The Hall–Kier alpha value is -2.76. The molecule has 0 saturated heterocycles. The van der Waals surface area contributed by atoms with Crippen molar-refractivity contribution in [1.29, 1.82) is 0 Å². The van der Waals surface area contributed by atoms with E-state index >= 15 is 0 Å². The summed E-state index contributed by atoms with van der Waals surface area (Å²) in [6.45, 7) is 1.92. The molecule has 3 heterocycles. The minimum atomic E-state index is -0.0332. The van der Waals surface area contributed by atoms with Crippen LogP contribution in [-0.4, -0.2) is 31.9 Å². The maximum Gasteiger partial charge on any atom is 0.270 e. The van der Waals surface area contributed by atoms with Crippen LogP contribution in [0.2, 0.25) is 0 Å². The zero-order valence-electron chi connectivity index (χ0n) is 17.3. The van der Waals surface area contributed by atoms with E-state index in [0.29, 0.717) is 17.5 Å². The average molecular weight is 402 g/mol. The molecule has 6 rings (SSSR count). The van der Waals surface area contributed by atoms with Gasteiger partial charge in [0.15, 0.2) is 5.65 Å². The fraction of sp³-hybridized carbons (Fsp3) is 0.500. The van der Waals surface area contributed by atoms with E-state index in [1.807, 2.05) is 31.3 Å². The van der Waals surface area contributed by atoms with Crippen molar-refractivity contribution >= 4 is 17.1 Å². The first-order valence-corrected chi connectivity index (χ1v) is 11.1. The number of rotatable bonds is 3. The number of aryl methyl sites for hydroxylation is 1. The lowest BCUT2D eigenvalue weighted by atomic mass is 9.69. The summed E-state index contributed by atoms with van der Waals surface area (Å²) in [7, 11) is 0. The zero-order valence-corrected chi connectivity index (χ0v) is 17.3. The summed E-state index contributed by atoms with van der Waals surface area (Å²) in [4.78, 5) is 30.1. The first-order chi connectivity index (χ1) is 14.6. The van der Waals surface area contributed by atoms with Gasteiger partial charge in [0, 0.05) is 23.3 Å². The molecule has 3 saturated carbocycles. The lowest BCUT2D eigenvalue weighted by Crippen LogP contribution is -2.40. The van der Waals surface area contributed by atoms with E-state index in [9.17, 15) is 4.79 Å². The standard InChI is InChI=1S/C24H27N5O/c1-14-4-2-5-20(26-14)22(30)27-18-9-15-8-16-12-24(11-15,13-17(16)10-18)23-28-19-6-3-7-25-21(19)29-23/h2-7,15-18H,8-13H2,1H3,(H,27,30)(H,25,28,29). The normalized spacial score (nSPS) is 32.3. The van der Waals surface area contributed by atoms with Gasteiger partial charge in [-0.3, -0.25) is 4.79 Å². The minimum absolute atomic E-state index is 0.0332. The van der Waals surface area contributed by atoms with Gasteiger partial charge in [0.05, 0.1) is 5.52 Å². The van der Waals surface area contributed by atoms with Crippen LogP contribution < -0.4 is 5.32 Å². The van der Waals surface area contributed by atoms with Gasteiger partial charge in [-0.2, -0.15) is 0 Å². The Kier molecular flexibility index (Phi) is 3.98. The molecule has 3 fully saturated rings. The number of carbonyl (C=O) groups is 1. The van der Waals surface area contributed by atoms with Crippen LogP contribution in [0.1, 0.15) is 60.5 Å². The highest BCUT2D eigenvalue weighted by molar-refractivity contribution is 5.92. The lowest BCUT2D eigenvalue weighted by Gasteiger charge is -2.37. The molecular weight excluding hydrogens is 374 g/mol. The summed E-state index contributed by atoms with van der Waals surface area (Å²) in [6.07, 6.45) is 8.78. The number of nitrogens with one attached hydrogen (secondary N) is 2. The highest BCUT2D eigenvalue weighted by Gasteiger charge is 2.55. The monoisotopic (exact) mass is 401 g/mol. The van der Waals surface area contributed by atoms with Crippen molar-refractivity contribution in [1.82, 2.24) is 25.3 Å². The number of aromatic nitrogens is 4. The van der Waals surface area contributed by atoms with Crippen LogP contribution in [-0.2, 0) is 5.41 Å². The molecule has 0 aliphatic heterocycles. The summed E-state index contributed by atoms with van der Waals surface area (Å²) < 4.78 is 0. The second-order valence-electron chi connectivity index (χ2n) is 9.78. The van der Waals surface area contributed by atoms with Crippen LogP contribution in [0.25, 0.3) is 11.2 Å². The number of aromatic amines is 1.